The van der Waals surface area contributed by atoms with E-state index < -0.39 is 0 Å². The maximum atomic E-state index is 12.9. The van der Waals surface area contributed by atoms with Crippen molar-refractivity contribution < 1.29 is 9.53 Å². The molecule has 1 N–H and O–H groups in total. The summed E-state index contributed by atoms with van der Waals surface area (Å²) in [5.74, 6) is 0.799. The fraction of sp³-hybridized carbons (Fsp3) is 0.304. The van der Waals surface area contributed by atoms with Gasteiger partial charge in [0.05, 0.1) is 13.7 Å². The van der Waals surface area contributed by atoms with E-state index in [1.807, 2.05) is 53.9 Å². The summed E-state index contributed by atoms with van der Waals surface area (Å²) in [6.45, 7) is 5.25. The topological polar surface area (TPSA) is 54.5 Å². The molecule has 5 nitrogen and oxygen atoms in total. The van der Waals surface area contributed by atoms with E-state index in [9.17, 15) is 4.79 Å². The van der Waals surface area contributed by atoms with Gasteiger partial charge in [0, 0.05) is 17.6 Å². The lowest BCUT2D eigenvalue weighted by atomic mass is 10.1. The van der Waals surface area contributed by atoms with Crippen LogP contribution < -0.4 is 10.1 Å². The van der Waals surface area contributed by atoms with Crippen LogP contribution in [-0.4, -0.2) is 36.0 Å². The lowest BCUT2D eigenvalue weighted by Gasteiger charge is -2.28. The van der Waals surface area contributed by atoms with Crippen molar-refractivity contribution in [2.45, 2.75) is 25.9 Å². The number of aromatic nitrogens is 1. The average Bonchev–Trinajstić information content (AvgIpc) is 3.30. The second kappa shape index (κ2) is 10.2. The van der Waals surface area contributed by atoms with Crippen molar-refractivity contribution in [2.75, 3.05) is 20.2 Å². The highest BCUT2D eigenvalue weighted by molar-refractivity contribution is 7.09. The van der Waals surface area contributed by atoms with Gasteiger partial charge in [0.25, 0.3) is 0 Å². The Kier molecular flexibility index (Phi) is 7.38. The van der Waals surface area contributed by atoms with Crippen LogP contribution in [0.15, 0.2) is 66.2 Å². The minimum Gasteiger partial charge on any atom is -0.497 e. The van der Waals surface area contributed by atoms with E-state index >= 15 is 0 Å². The maximum absolute atomic E-state index is 12.9. The van der Waals surface area contributed by atoms with Gasteiger partial charge < -0.3 is 10.1 Å². The monoisotopic (exact) mass is 409 g/mol. The van der Waals surface area contributed by atoms with Crippen LogP contribution in [0.25, 0.3) is 0 Å². The van der Waals surface area contributed by atoms with Crippen molar-refractivity contribution in [3.05, 3.63) is 82.3 Å². The molecule has 0 radical (unpaired) electrons. The lowest BCUT2D eigenvalue weighted by Crippen LogP contribution is -2.40. The number of amides is 1. The number of hydrogen-bond acceptors (Lipinski definition) is 5. The number of likely N-dealkylation sites (N-methyl/N-ethyl adjacent to an activating group) is 1. The first-order valence-corrected chi connectivity index (χ1v) is 10.6. The van der Waals surface area contributed by atoms with Crippen LogP contribution in [-0.2, 0) is 4.79 Å². The molecule has 0 aliphatic carbocycles. The lowest BCUT2D eigenvalue weighted by molar-refractivity contribution is -0.123. The molecule has 29 heavy (non-hydrogen) atoms. The third-order valence-electron chi connectivity index (χ3n) is 5.01. The number of methoxy groups -OCH3 is 1. The number of rotatable bonds is 9. The van der Waals surface area contributed by atoms with Crippen LogP contribution >= 0.6 is 11.3 Å². The Morgan fingerprint density at radius 2 is 1.93 bits per heavy atom. The van der Waals surface area contributed by atoms with Crippen molar-refractivity contribution in [2.24, 2.45) is 0 Å². The Morgan fingerprint density at radius 1 is 1.17 bits per heavy atom. The number of carbonyl (C=O) groups is 1. The number of hydrogen-bond donors (Lipinski definition) is 1. The van der Waals surface area contributed by atoms with Gasteiger partial charge in [-0.3, -0.25) is 9.69 Å². The van der Waals surface area contributed by atoms with Crippen LogP contribution in [0, 0.1) is 0 Å². The molecule has 2 atom stereocenters. The van der Waals surface area contributed by atoms with Gasteiger partial charge in [0.2, 0.25) is 5.91 Å². The van der Waals surface area contributed by atoms with E-state index in [0.717, 1.165) is 28.4 Å². The van der Waals surface area contributed by atoms with Gasteiger partial charge in [-0.2, -0.15) is 0 Å². The van der Waals surface area contributed by atoms with Crippen LogP contribution in [0.1, 0.15) is 42.1 Å². The van der Waals surface area contributed by atoms with Crippen molar-refractivity contribution >= 4 is 17.2 Å². The second-order valence-corrected chi connectivity index (χ2v) is 7.72. The Labute approximate surface area is 176 Å². The first kappa shape index (κ1) is 21.0. The zero-order valence-electron chi connectivity index (χ0n) is 17.0. The normalized spacial score (nSPS) is 13.1. The van der Waals surface area contributed by atoms with Crippen LogP contribution in [0.2, 0.25) is 0 Å². The summed E-state index contributed by atoms with van der Waals surface area (Å²) in [5, 5.41) is 5.99. The predicted octanol–water partition coefficient (Wildman–Crippen LogP) is 4.44. The zero-order chi connectivity index (χ0) is 20.6. The van der Waals surface area contributed by atoms with Crippen molar-refractivity contribution in [3.63, 3.8) is 0 Å². The molecule has 1 amide bonds. The second-order valence-electron chi connectivity index (χ2n) is 6.80. The third-order valence-corrected chi connectivity index (χ3v) is 5.85. The minimum absolute atomic E-state index is 0.0225. The molecule has 152 valence electrons. The van der Waals surface area contributed by atoms with Crippen LogP contribution in [0.4, 0.5) is 0 Å². The Balaban J connectivity index is 1.72. The molecule has 0 bridgehead atoms. The predicted molar refractivity (Wildman–Crippen MR) is 117 cm³/mol. The smallest absolute Gasteiger partial charge is 0.235 e. The molecule has 1 aromatic heterocycles. The SMILES string of the molecule is CCN(CC(=O)NC(c1ccccc1)c1nccs1)C(C)c1cccc(OC)c1. The summed E-state index contributed by atoms with van der Waals surface area (Å²) in [6, 6.07) is 17.8. The maximum Gasteiger partial charge on any atom is 0.235 e. The summed E-state index contributed by atoms with van der Waals surface area (Å²) in [6.07, 6.45) is 1.77. The highest BCUT2D eigenvalue weighted by atomic mass is 32.1. The third kappa shape index (κ3) is 5.43. The van der Waals surface area contributed by atoms with Gasteiger partial charge in [-0.05, 0) is 36.7 Å². The number of nitrogens with zero attached hydrogens (tertiary/aromatic N) is 2. The zero-order valence-corrected chi connectivity index (χ0v) is 17.9. The van der Waals surface area contributed by atoms with E-state index in [-0.39, 0.29) is 18.0 Å². The molecule has 6 heteroatoms. The van der Waals surface area contributed by atoms with Crippen LogP contribution in [0.3, 0.4) is 0 Å². The standard InChI is InChI=1S/C23H27N3O2S/c1-4-26(17(2)19-11-8-12-20(15-19)28-3)16-21(27)25-22(23-24-13-14-29-23)18-9-6-5-7-10-18/h5-15,17,22H,4,16H2,1-3H3,(H,25,27). The molecular formula is C23H27N3O2S. The van der Waals surface area contributed by atoms with E-state index in [2.05, 4.69) is 35.1 Å². The fourth-order valence-electron chi connectivity index (χ4n) is 3.34. The van der Waals surface area contributed by atoms with Crippen molar-refractivity contribution in [3.8, 4) is 5.75 Å². The molecule has 0 fully saturated rings. The Morgan fingerprint density at radius 3 is 2.59 bits per heavy atom. The first-order chi connectivity index (χ1) is 14.1. The number of nitrogens with one attached hydrogen (secondary N) is 1. The number of thiazole rings is 1. The Bertz CT molecular complexity index is 900. The molecule has 1 heterocycles. The molecule has 3 rings (SSSR count). The van der Waals surface area contributed by atoms with Gasteiger partial charge in [0.1, 0.15) is 16.8 Å². The molecule has 0 aliphatic heterocycles. The molecule has 0 saturated heterocycles. The minimum atomic E-state index is -0.241. The summed E-state index contributed by atoms with van der Waals surface area (Å²) < 4.78 is 5.34. The molecular weight excluding hydrogens is 382 g/mol. The molecule has 0 spiro atoms. The van der Waals surface area contributed by atoms with E-state index in [1.54, 1.807) is 24.6 Å². The molecule has 2 unspecified atom stereocenters. The van der Waals surface area contributed by atoms with Crippen molar-refractivity contribution in [1.82, 2.24) is 15.2 Å². The quantitative estimate of drug-likeness (QED) is 0.568. The van der Waals surface area contributed by atoms with Crippen molar-refractivity contribution in [1.29, 1.82) is 0 Å². The number of ether oxygens (including phenoxy) is 1. The van der Waals surface area contributed by atoms with Gasteiger partial charge in [-0.1, -0.05) is 49.4 Å². The molecule has 2 aromatic carbocycles. The molecule has 3 aromatic rings. The van der Waals surface area contributed by atoms with E-state index in [1.165, 1.54) is 0 Å². The first-order valence-electron chi connectivity index (χ1n) is 9.74. The molecule has 0 aliphatic rings. The number of benzene rings is 2. The summed E-state index contributed by atoms with van der Waals surface area (Å²) >= 11 is 1.55. The van der Waals surface area contributed by atoms with Crippen LogP contribution in [0.5, 0.6) is 5.75 Å². The summed E-state index contributed by atoms with van der Waals surface area (Å²) in [5.41, 5.74) is 2.15. The summed E-state index contributed by atoms with van der Waals surface area (Å²) in [7, 11) is 1.66. The highest BCUT2D eigenvalue weighted by Gasteiger charge is 2.22. The average molecular weight is 410 g/mol. The highest BCUT2D eigenvalue weighted by Crippen LogP contribution is 2.25. The summed E-state index contributed by atoms with van der Waals surface area (Å²) in [4.78, 5) is 19.5. The number of carbonyl (C=O) groups excluding carboxylic acids is 1. The molecule has 0 saturated carbocycles. The van der Waals surface area contributed by atoms with Gasteiger partial charge in [-0.25, -0.2) is 4.98 Å². The van der Waals surface area contributed by atoms with Gasteiger partial charge in [0.15, 0.2) is 0 Å². The van der Waals surface area contributed by atoms with E-state index in [0.29, 0.717) is 6.54 Å². The fourth-order valence-corrected chi connectivity index (χ4v) is 4.05. The van der Waals surface area contributed by atoms with E-state index in [4.69, 9.17) is 4.74 Å². The largest absolute Gasteiger partial charge is 0.497 e. The van der Waals surface area contributed by atoms with Gasteiger partial charge in [-0.15, -0.1) is 11.3 Å². The van der Waals surface area contributed by atoms with Gasteiger partial charge >= 0.3 is 0 Å². The Hall–Kier alpha value is -2.70.